The van der Waals surface area contributed by atoms with Gasteiger partial charge in [0, 0.05) is 30.5 Å². The average molecular weight is 275 g/mol. The van der Waals surface area contributed by atoms with Gasteiger partial charge in [-0.15, -0.1) is 0 Å². The lowest BCUT2D eigenvalue weighted by atomic mass is 10.1. The quantitative estimate of drug-likeness (QED) is 0.864. The Morgan fingerprint density at radius 2 is 1.90 bits per heavy atom. The van der Waals surface area contributed by atoms with Gasteiger partial charge in [-0.1, -0.05) is 0 Å². The van der Waals surface area contributed by atoms with Crippen LogP contribution in [0.3, 0.4) is 0 Å². The van der Waals surface area contributed by atoms with Gasteiger partial charge >= 0.3 is 0 Å². The molecule has 1 N–H and O–H groups in total. The minimum absolute atomic E-state index is 0.330. The molecule has 1 aromatic rings. The van der Waals surface area contributed by atoms with Crippen LogP contribution in [0.2, 0.25) is 0 Å². The van der Waals surface area contributed by atoms with Gasteiger partial charge in [0.15, 0.2) is 0 Å². The first kappa shape index (κ1) is 14.0. The standard InChI is InChI=1S/C16H25N3O/c1-11-15(7-8-17-13-5-6-13)12(2)19-16(18-11)10-14-4-3-9-20-14/h13-14,17H,3-10H2,1-2H3. The van der Waals surface area contributed by atoms with Crippen molar-refractivity contribution < 1.29 is 4.74 Å². The number of nitrogens with zero attached hydrogens (tertiary/aromatic N) is 2. The second kappa shape index (κ2) is 6.19. The number of nitrogens with one attached hydrogen (secondary N) is 1. The van der Waals surface area contributed by atoms with E-state index in [9.17, 15) is 0 Å². The molecule has 0 bridgehead atoms. The summed E-state index contributed by atoms with van der Waals surface area (Å²) in [5.41, 5.74) is 3.60. The molecular formula is C16H25N3O. The third kappa shape index (κ3) is 3.55. The molecule has 2 heterocycles. The van der Waals surface area contributed by atoms with Gasteiger partial charge in [0.05, 0.1) is 6.10 Å². The molecule has 2 fully saturated rings. The first-order valence-electron chi connectivity index (χ1n) is 7.90. The Balaban J connectivity index is 1.61. The second-order valence-corrected chi connectivity index (χ2v) is 6.11. The summed E-state index contributed by atoms with van der Waals surface area (Å²) < 4.78 is 5.68. The summed E-state index contributed by atoms with van der Waals surface area (Å²) in [5, 5.41) is 3.56. The lowest BCUT2D eigenvalue weighted by Gasteiger charge is -2.13. The van der Waals surface area contributed by atoms with Crippen molar-refractivity contribution >= 4 is 0 Å². The van der Waals surface area contributed by atoms with E-state index >= 15 is 0 Å². The van der Waals surface area contributed by atoms with Crippen molar-refractivity contribution in [2.75, 3.05) is 13.2 Å². The number of rotatable bonds is 6. The van der Waals surface area contributed by atoms with Gasteiger partial charge in [0.25, 0.3) is 0 Å². The van der Waals surface area contributed by atoms with Gasteiger partial charge in [-0.25, -0.2) is 9.97 Å². The number of hydrogen-bond acceptors (Lipinski definition) is 4. The van der Waals surface area contributed by atoms with Crippen molar-refractivity contribution in [2.45, 2.75) is 64.5 Å². The smallest absolute Gasteiger partial charge is 0.131 e. The van der Waals surface area contributed by atoms with Crippen LogP contribution in [0, 0.1) is 13.8 Å². The van der Waals surface area contributed by atoms with E-state index in [-0.39, 0.29) is 0 Å². The SMILES string of the molecule is Cc1nc(CC2CCCO2)nc(C)c1CCNC1CC1. The highest BCUT2D eigenvalue weighted by Crippen LogP contribution is 2.20. The molecule has 110 valence electrons. The highest BCUT2D eigenvalue weighted by atomic mass is 16.5. The molecule has 0 aromatic carbocycles. The van der Waals surface area contributed by atoms with E-state index in [1.54, 1.807) is 0 Å². The van der Waals surface area contributed by atoms with Crippen molar-refractivity contribution in [1.82, 2.24) is 15.3 Å². The molecule has 4 nitrogen and oxygen atoms in total. The van der Waals surface area contributed by atoms with Crippen LogP contribution in [0.4, 0.5) is 0 Å². The Morgan fingerprint density at radius 3 is 2.50 bits per heavy atom. The third-order valence-corrected chi connectivity index (χ3v) is 4.29. The fraction of sp³-hybridized carbons (Fsp3) is 0.750. The fourth-order valence-corrected chi connectivity index (χ4v) is 2.96. The Hall–Kier alpha value is -1.00. The normalized spacial score (nSPS) is 22.4. The number of hydrogen-bond donors (Lipinski definition) is 1. The lowest BCUT2D eigenvalue weighted by Crippen LogP contribution is -2.21. The van der Waals surface area contributed by atoms with Crippen LogP contribution in [-0.2, 0) is 17.6 Å². The predicted molar refractivity (Wildman–Crippen MR) is 78.9 cm³/mol. The van der Waals surface area contributed by atoms with E-state index in [0.29, 0.717) is 6.10 Å². The van der Waals surface area contributed by atoms with Gasteiger partial charge in [-0.3, -0.25) is 0 Å². The Labute approximate surface area is 121 Å². The number of aromatic nitrogens is 2. The first-order valence-corrected chi connectivity index (χ1v) is 7.90. The predicted octanol–water partition coefficient (Wildman–Crippen LogP) is 2.11. The molecule has 2 aliphatic rings. The molecule has 3 rings (SSSR count). The molecule has 20 heavy (non-hydrogen) atoms. The largest absolute Gasteiger partial charge is 0.378 e. The highest BCUT2D eigenvalue weighted by Gasteiger charge is 2.21. The van der Waals surface area contributed by atoms with E-state index < -0.39 is 0 Å². The Bertz CT molecular complexity index is 442. The van der Waals surface area contributed by atoms with Crippen LogP contribution in [0.5, 0.6) is 0 Å². The van der Waals surface area contributed by atoms with Crippen LogP contribution in [0.15, 0.2) is 0 Å². The maximum absolute atomic E-state index is 5.68. The van der Waals surface area contributed by atoms with Gasteiger partial charge in [0.2, 0.25) is 0 Å². The molecule has 1 aromatic heterocycles. The van der Waals surface area contributed by atoms with Crippen molar-refractivity contribution in [3.63, 3.8) is 0 Å². The molecule has 4 heteroatoms. The molecule has 0 radical (unpaired) electrons. The van der Waals surface area contributed by atoms with Crippen LogP contribution >= 0.6 is 0 Å². The fourth-order valence-electron chi connectivity index (χ4n) is 2.96. The summed E-state index contributed by atoms with van der Waals surface area (Å²) in [6, 6.07) is 0.773. The lowest BCUT2D eigenvalue weighted by molar-refractivity contribution is 0.110. The Kier molecular flexibility index (Phi) is 4.32. The summed E-state index contributed by atoms with van der Waals surface area (Å²) in [5.74, 6) is 0.950. The van der Waals surface area contributed by atoms with Crippen molar-refractivity contribution in [3.05, 3.63) is 22.8 Å². The topological polar surface area (TPSA) is 47.0 Å². The third-order valence-electron chi connectivity index (χ3n) is 4.29. The van der Waals surface area contributed by atoms with Gasteiger partial charge in [-0.2, -0.15) is 0 Å². The molecule has 0 spiro atoms. The average Bonchev–Trinajstić information content (AvgIpc) is 3.09. The van der Waals surface area contributed by atoms with Crippen molar-refractivity contribution in [2.24, 2.45) is 0 Å². The van der Waals surface area contributed by atoms with Crippen LogP contribution < -0.4 is 5.32 Å². The van der Waals surface area contributed by atoms with Crippen LogP contribution in [0.25, 0.3) is 0 Å². The van der Waals surface area contributed by atoms with Gasteiger partial charge in [-0.05, 0) is 58.1 Å². The van der Waals surface area contributed by atoms with E-state index in [4.69, 9.17) is 14.7 Å². The molecule has 1 aliphatic carbocycles. The second-order valence-electron chi connectivity index (χ2n) is 6.11. The highest BCUT2D eigenvalue weighted by molar-refractivity contribution is 5.25. The van der Waals surface area contributed by atoms with E-state index in [1.807, 2.05) is 0 Å². The van der Waals surface area contributed by atoms with Crippen LogP contribution in [-0.4, -0.2) is 35.3 Å². The zero-order valence-corrected chi connectivity index (χ0v) is 12.6. The molecule has 1 saturated heterocycles. The summed E-state index contributed by atoms with van der Waals surface area (Å²) in [6.45, 7) is 6.16. The zero-order valence-electron chi connectivity index (χ0n) is 12.6. The van der Waals surface area contributed by atoms with Crippen molar-refractivity contribution in [1.29, 1.82) is 0 Å². The minimum atomic E-state index is 0.330. The summed E-state index contributed by atoms with van der Waals surface area (Å²) >= 11 is 0. The van der Waals surface area contributed by atoms with E-state index in [2.05, 4.69) is 19.2 Å². The minimum Gasteiger partial charge on any atom is -0.378 e. The molecule has 1 aliphatic heterocycles. The molecule has 1 unspecified atom stereocenters. The molecule has 1 atom stereocenters. The first-order chi connectivity index (χ1) is 9.72. The van der Waals surface area contributed by atoms with Gasteiger partial charge < -0.3 is 10.1 Å². The van der Waals surface area contributed by atoms with Crippen LogP contribution in [0.1, 0.15) is 48.5 Å². The zero-order chi connectivity index (χ0) is 13.9. The molecule has 0 amide bonds. The van der Waals surface area contributed by atoms with Gasteiger partial charge in [0.1, 0.15) is 5.82 Å². The van der Waals surface area contributed by atoms with E-state index in [1.165, 1.54) is 24.8 Å². The number of aryl methyl sites for hydroxylation is 2. The summed E-state index contributed by atoms with van der Waals surface area (Å²) in [6.07, 6.45) is 7.23. The summed E-state index contributed by atoms with van der Waals surface area (Å²) in [4.78, 5) is 9.38. The summed E-state index contributed by atoms with van der Waals surface area (Å²) in [7, 11) is 0. The monoisotopic (exact) mass is 275 g/mol. The maximum atomic E-state index is 5.68. The maximum Gasteiger partial charge on any atom is 0.131 e. The number of ether oxygens (including phenoxy) is 1. The molecule has 1 saturated carbocycles. The molecular weight excluding hydrogens is 250 g/mol. The van der Waals surface area contributed by atoms with Crippen molar-refractivity contribution in [3.8, 4) is 0 Å². The van der Waals surface area contributed by atoms with E-state index in [0.717, 1.165) is 55.7 Å². The Morgan fingerprint density at radius 1 is 1.15 bits per heavy atom.